The van der Waals surface area contributed by atoms with Crippen LogP contribution in [0.4, 0.5) is 0 Å². The summed E-state index contributed by atoms with van der Waals surface area (Å²) in [6.45, 7) is -0.304. The van der Waals surface area contributed by atoms with Gasteiger partial charge in [-0.2, -0.15) is 0 Å². The number of ether oxygens (including phenoxy) is 1. The molecule has 0 saturated heterocycles. The van der Waals surface area contributed by atoms with Crippen LogP contribution in [0.5, 0.6) is 0 Å². The van der Waals surface area contributed by atoms with E-state index in [0.717, 1.165) is 4.90 Å². The van der Waals surface area contributed by atoms with Crippen molar-refractivity contribution in [2.45, 2.75) is 10.1 Å². The third kappa shape index (κ3) is 4.32. The summed E-state index contributed by atoms with van der Waals surface area (Å²) in [5.74, 6) is -0.857. The fourth-order valence-electron chi connectivity index (χ4n) is 1.60. The van der Waals surface area contributed by atoms with Crippen molar-refractivity contribution >= 4 is 35.3 Å². The fraction of sp³-hybridized carbons (Fsp3) is 0.200. The molecule has 1 aromatic heterocycles. The molecule has 1 heterocycles. The van der Waals surface area contributed by atoms with Gasteiger partial charge in [0.25, 0.3) is 0 Å². The largest absolute Gasteiger partial charge is 0.454 e. The first-order valence-corrected chi connectivity index (χ1v) is 8.79. The van der Waals surface area contributed by atoms with Crippen LogP contribution in [0, 0.1) is 0 Å². The Balaban J connectivity index is 1.92. The molecular formula is C15H14N2O3S2. The van der Waals surface area contributed by atoms with Gasteiger partial charge in [0.05, 0.1) is 5.56 Å². The molecule has 7 heteroatoms. The SMILES string of the molecule is CSc1ccc(C(=O)COC(=O)c2cnc(SC)nc2)cc1. The Labute approximate surface area is 136 Å². The van der Waals surface area contributed by atoms with Gasteiger partial charge in [-0.15, -0.1) is 11.8 Å². The highest BCUT2D eigenvalue weighted by atomic mass is 32.2. The Bertz CT molecular complexity index is 598. The van der Waals surface area contributed by atoms with Crippen LogP contribution in [0.25, 0.3) is 0 Å². The van der Waals surface area contributed by atoms with Gasteiger partial charge in [0, 0.05) is 22.9 Å². The quantitative estimate of drug-likeness (QED) is 0.348. The molecule has 0 atom stereocenters. The van der Waals surface area contributed by atoms with Crippen LogP contribution in [0.2, 0.25) is 0 Å². The zero-order valence-corrected chi connectivity index (χ0v) is 13.7. The van der Waals surface area contributed by atoms with Gasteiger partial charge in [-0.3, -0.25) is 4.79 Å². The number of ketones is 1. The second-order valence-electron chi connectivity index (χ2n) is 4.19. The van der Waals surface area contributed by atoms with Gasteiger partial charge >= 0.3 is 5.97 Å². The number of nitrogens with zero attached hydrogens (tertiary/aromatic N) is 2. The van der Waals surface area contributed by atoms with Crippen LogP contribution in [0.1, 0.15) is 20.7 Å². The van der Waals surface area contributed by atoms with Gasteiger partial charge in [0.2, 0.25) is 0 Å². The molecule has 0 spiro atoms. The molecule has 0 aliphatic rings. The van der Waals surface area contributed by atoms with Crippen molar-refractivity contribution in [3.8, 4) is 0 Å². The van der Waals surface area contributed by atoms with Crippen LogP contribution in [-0.2, 0) is 4.74 Å². The van der Waals surface area contributed by atoms with E-state index in [2.05, 4.69) is 9.97 Å². The summed E-state index contributed by atoms with van der Waals surface area (Å²) in [4.78, 5) is 32.8. The Morgan fingerprint density at radius 3 is 2.18 bits per heavy atom. The normalized spacial score (nSPS) is 10.3. The molecule has 0 radical (unpaired) electrons. The minimum absolute atomic E-state index is 0.225. The number of benzene rings is 1. The average molecular weight is 334 g/mol. The average Bonchev–Trinajstić information content (AvgIpc) is 2.59. The molecule has 22 heavy (non-hydrogen) atoms. The van der Waals surface area contributed by atoms with Crippen molar-refractivity contribution in [2.75, 3.05) is 19.1 Å². The lowest BCUT2D eigenvalue weighted by molar-refractivity contribution is 0.0473. The molecule has 0 amide bonds. The van der Waals surface area contributed by atoms with Crippen LogP contribution in [0.3, 0.4) is 0 Å². The number of rotatable bonds is 6. The first-order valence-electron chi connectivity index (χ1n) is 6.34. The lowest BCUT2D eigenvalue weighted by atomic mass is 10.1. The van der Waals surface area contributed by atoms with E-state index in [0.29, 0.717) is 10.7 Å². The van der Waals surface area contributed by atoms with E-state index in [-0.39, 0.29) is 18.0 Å². The second kappa shape index (κ2) is 7.95. The number of Topliss-reactive ketones (excluding diaryl/α,β-unsaturated/α-hetero) is 1. The van der Waals surface area contributed by atoms with E-state index in [4.69, 9.17) is 4.74 Å². The van der Waals surface area contributed by atoms with Crippen molar-refractivity contribution in [1.82, 2.24) is 9.97 Å². The summed E-state index contributed by atoms with van der Waals surface area (Å²) >= 11 is 2.97. The summed E-state index contributed by atoms with van der Waals surface area (Å²) in [6.07, 6.45) is 6.58. The van der Waals surface area contributed by atoms with E-state index in [1.165, 1.54) is 24.2 Å². The number of hydrogen-bond donors (Lipinski definition) is 0. The van der Waals surface area contributed by atoms with Gasteiger partial charge in [-0.1, -0.05) is 23.9 Å². The number of carbonyl (C=O) groups is 2. The summed E-state index contributed by atoms with van der Waals surface area (Å²) in [5, 5.41) is 0.571. The summed E-state index contributed by atoms with van der Waals surface area (Å²) < 4.78 is 4.99. The minimum Gasteiger partial charge on any atom is -0.454 e. The third-order valence-electron chi connectivity index (χ3n) is 2.79. The van der Waals surface area contributed by atoms with Crippen LogP contribution in [-0.4, -0.2) is 40.8 Å². The zero-order valence-electron chi connectivity index (χ0n) is 12.1. The highest BCUT2D eigenvalue weighted by Gasteiger charge is 2.12. The molecule has 0 aliphatic carbocycles. The molecule has 1 aromatic carbocycles. The molecule has 0 aliphatic heterocycles. The van der Waals surface area contributed by atoms with Crippen LogP contribution in [0.15, 0.2) is 46.7 Å². The first kappa shape index (κ1) is 16.5. The maximum Gasteiger partial charge on any atom is 0.341 e. The number of esters is 1. The van der Waals surface area contributed by atoms with Gasteiger partial charge in [0.1, 0.15) is 0 Å². The van der Waals surface area contributed by atoms with Gasteiger partial charge in [-0.25, -0.2) is 14.8 Å². The molecule has 5 nitrogen and oxygen atoms in total. The second-order valence-corrected chi connectivity index (χ2v) is 5.84. The van der Waals surface area contributed by atoms with Gasteiger partial charge in [-0.05, 0) is 24.6 Å². The van der Waals surface area contributed by atoms with Gasteiger partial charge < -0.3 is 4.74 Å². The van der Waals surface area contributed by atoms with Crippen LogP contribution < -0.4 is 0 Å². The lowest BCUT2D eigenvalue weighted by Crippen LogP contribution is -2.14. The number of hydrogen-bond acceptors (Lipinski definition) is 7. The summed E-state index contributed by atoms with van der Waals surface area (Å²) in [5.41, 5.74) is 0.739. The van der Waals surface area contributed by atoms with Crippen molar-refractivity contribution in [2.24, 2.45) is 0 Å². The maximum absolute atomic E-state index is 12.0. The molecule has 0 saturated carbocycles. The zero-order chi connectivity index (χ0) is 15.9. The Hall–Kier alpha value is -1.86. The highest BCUT2D eigenvalue weighted by molar-refractivity contribution is 7.98. The van der Waals surface area contributed by atoms with E-state index in [1.807, 2.05) is 24.6 Å². The maximum atomic E-state index is 12.0. The van der Waals surface area contributed by atoms with Crippen LogP contribution >= 0.6 is 23.5 Å². The topological polar surface area (TPSA) is 69.2 Å². The number of aromatic nitrogens is 2. The van der Waals surface area contributed by atoms with Crippen molar-refractivity contribution in [3.63, 3.8) is 0 Å². The molecule has 0 fully saturated rings. The Morgan fingerprint density at radius 2 is 1.64 bits per heavy atom. The van der Waals surface area contributed by atoms with E-state index < -0.39 is 5.97 Å². The predicted octanol–water partition coefficient (Wildman–Crippen LogP) is 2.96. The molecule has 0 unspecified atom stereocenters. The lowest BCUT2D eigenvalue weighted by Gasteiger charge is -2.05. The fourth-order valence-corrected chi connectivity index (χ4v) is 2.33. The molecule has 114 valence electrons. The first-order chi connectivity index (χ1) is 10.6. The molecule has 0 N–H and O–H groups in total. The standard InChI is InChI=1S/C15H14N2O3S2/c1-21-12-5-3-10(4-6-12)13(18)9-20-14(19)11-7-16-15(22-2)17-8-11/h3-8H,9H2,1-2H3. The predicted molar refractivity (Wildman–Crippen MR) is 86.6 cm³/mol. The van der Waals surface area contributed by atoms with Crippen molar-refractivity contribution in [3.05, 3.63) is 47.8 Å². The third-order valence-corrected chi connectivity index (χ3v) is 4.11. The Morgan fingerprint density at radius 1 is 1.00 bits per heavy atom. The van der Waals surface area contributed by atoms with Crippen molar-refractivity contribution < 1.29 is 14.3 Å². The van der Waals surface area contributed by atoms with E-state index >= 15 is 0 Å². The summed E-state index contributed by atoms with van der Waals surface area (Å²) in [7, 11) is 0. The number of thioether (sulfide) groups is 2. The number of carbonyl (C=O) groups excluding carboxylic acids is 2. The van der Waals surface area contributed by atoms with Gasteiger partial charge in [0.15, 0.2) is 17.5 Å². The molecular weight excluding hydrogens is 320 g/mol. The smallest absolute Gasteiger partial charge is 0.341 e. The molecule has 0 bridgehead atoms. The monoisotopic (exact) mass is 334 g/mol. The van der Waals surface area contributed by atoms with E-state index in [9.17, 15) is 9.59 Å². The highest BCUT2D eigenvalue weighted by Crippen LogP contribution is 2.15. The molecule has 2 rings (SSSR count). The van der Waals surface area contributed by atoms with E-state index in [1.54, 1.807) is 23.9 Å². The minimum atomic E-state index is -0.610. The van der Waals surface area contributed by atoms with Crippen molar-refractivity contribution in [1.29, 1.82) is 0 Å². The Kier molecular flexibility index (Phi) is 5.97. The summed E-state index contributed by atoms with van der Waals surface area (Å²) in [6, 6.07) is 7.15. The molecule has 2 aromatic rings.